The van der Waals surface area contributed by atoms with Gasteiger partial charge in [0.05, 0.1) is 6.61 Å². The maximum atomic E-state index is 11.0. The lowest BCUT2D eigenvalue weighted by atomic mass is 10.6. The van der Waals surface area contributed by atoms with Crippen molar-refractivity contribution in [1.29, 1.82) is 0 Å². The van der Waals surface area contributed by atoms with Gasteiger partial charge in [-0.05, 0) is 0 Å². The molecule has 0 aromatic heterocycles. The fourth-order valence-electron chi connectivity index (χ4n) is 0.199. The van der Waals surface area contributed by atoms with Crippen molar-refractivity contribution in [2.24, 2.45) is 0 Å². The first kappa shape index (κ1) is 22.3. The van der Waals surface area contributed by atoms with Crippen LogP contribution in [0.15, 0.2) is 12.2 Å². The largest absolute Gasteiger partial charge is 0.559 e. The Balaban J connectivity index is -0.000000235. The molecule has 0 spiro atoms. The standard InChI is InChI=1S/C4H3F5O.C3H8.CF4/c5-3(6)1-2-10-4(7,8)9;1-3-2;2-1(3,4)5/h1H,2H2;3H2,1-2H3;. The lowest BCUT2D eigenvalue weighted by molar-refractivity contribution is -0.319. The number of hydrogen-bond acceptors (Lipinski definition) is 1. The second kappa shape index (κ2) is 11.2. The van der Waals surface area contributed by atoms with Crippen molar-refractivity contribution in [2.45, 2.75) is 33.1 Å². The van der Waals surface area contributed by atoms with Crippen LogP contribution in [0.3, 0.4) is 0 Å². The van der Waals surface area contributed by atoms with Crippen molar-refractivity contribution in [2.75, 3.05) is 6.61 Å². The molecule has 0 aliphatic carbocycles. The number of hydrogen-bond donors (Lipinski definition) is 0. The van der Waals surface area contributed by atoms with E-state index in [2.05, 4.69) is 18.6 Å². The molecule has 0 bridgehead atoms. The summed E-state index contributed by atoms with van der Waals surface area (Å²) in [6.45, 7) is 3.10. The molecule has 10 heteroatoms. The lowest BCUT2D eigenvalue weighted by Crippen LogP contribution is -2.12. The van der Waals surface area contributed by atoms with Gasteiger partial charge in [-0.25, -0.2) is 0 Å². The first-order valence-electron chi connectivity index (χ1n) is 4.30. The summed E-state index contributed by atoms with van der Waals surface area (Å²) < 4.78 is 96.8. The van der Waals surface area contributed by atoms with Crippen LogP contribution < -0.4 is 0 Å². The van der Waals surface area contributed by atoms with E-state index in [9.17, 15) is 39.5 Å². The predicted octanol–water partition coefficient (Wildman–Crippen LogP) is 5.20. The van der Waals surface area contributed by atoms with E-state index in [1.54, 1.807) is 0 Å². The number of ether oxygens (including phenoxy) is 1. The molecule has 0 atom stereocenters. The van der Waals surface area contributed by atoms with Crippen LogP contribution in [-0.4, -0.2) is 19.4 Å². The summed E-state index contributed by atoms with van der Waals surface area (Å²) in [5, 5.41) is 0. The smallest absolute Gasteiger partial charge is 0.288 e. The molecule has 0 fully saturated rings. The molecule has 112 valence electrons. The Labute approximate surface area is 97.2 Å². The van der Waals surface area contributed by atoms with Crippen LogP contribution in [0.5, 0.6) is 0 Å². The van der Waals surface area contributed by atoms with Crippen LogP contribution in [0.2, 0.25) is 0 Å². The summed E-state index contributed by atoms with van der Waals surface area (Å²) in [7, 11) is 0. The van der Waals surface area contributed by atoms with Gasteiger partial charge in [0.2, 0.25) is 0 Å². The lowest BCUT2D eigenvalue weighted by Gasteiger charge is -2.02. The van der Waals surface area contributed by atoms with Crippen molar-refractivity contribution in [3.8, 4) is 0 Å². The molecular formula is C8H11F9O. The molecule has 1 nitrogen and oxygen atoms in total. The summed E-state index contributed by atoms with van der Waals surface area (Å²) in [5.74, 6) is 0. The van der Waals surface area contributed by atoms with Crippen LogP contribution in [0, 0.1) is 0 Å². The van der Waals surface area contributed by atoms with Gasteiger partial charge in [0.1, 0.15) is 0 Å². The van der Waals surface area contributed by atoms with E-state index in [4.69, 9.17) is 0 Å². The molecule has 0 heterocycles. The third-order valence-corrected chi connectivity index (χ3v) is 0.485. The molecule has 0 radical (unpaired) electrons. The molecule has 18 heavy (non-hydrogen) atoms. The van der Waals surface area contributed by atoms with Crippen LogP contribution >= 0.6 is 0 Å². The Morgan fingerprint density at radius 1 is 0.944 bits per heavy atom. The third kappa shape index (κ3) is 81.0. The Hall–Kier alpha value is -0.930. The zero-order valence-corrected chi connectivity index (χ0v) is 9.30. The molecule has 0 rings (SSSR count). The Morgan fingerprint density at radius 3 is 1.39 bits per heavy atom. The summed E-state index contributed by atoms with van der Waals surface area (Å²) in [4.78, 5) is 0. The fraction of sp³-hybridized carbons (Fsp3) is 0.750. The zero-order valence-electron chi connectivity index (χ0n) is 9.30. The van der Waals surface area contributed by atoms with Crippen molar-refractivity contribution in [3.63, 3.8) is 0 Å². The summed E-state index contributed by atoms with van der Waals surface area (Å²) >= 11 is 0. The van der Waals surface area contributed by atoms with E-state index in [0.717, 1.165) is 0 Å². The quantitative estimate of drug-likeness (QED) is 0.636. The van der Waals surface area contributed by atoms with Gasteiger partial charge in [-0.15, -0.1) is 30.7 Å². The maximum Gasteiger partial charge on any atom is 0.559 e. The van der Waals surface area contributed by atoms with Crippen LogP contribution in [0.25, 0.3) is 0 Å². The highest BCUT2D eigenvalue weighted by Gasteiger charge is 2.28. The summed E-state index contributed by atoms with van der Waals surface area (Å²) in [5.41, 5.74) is 0. The fourth-order valence-corrected chi connectivity index (χ4v) is 0.199. The van der Waals surface area contributed by atoms with Gasteiger partial charge in [0, 0.05) is 6.08 Å². The summed E-state index contributed by atoms with van der Waals surface area (Å²) in [6.07, 6.45) is -11.2. The topological polar surface area (TPSA) is 9.23 Å². The van der Waals surface area contributed by atoms with Crippen molar-refractivity contribution in [1.82, 2.24) is 0 Å². The molecule has 0 saturated carbocycles. The molecule has 0 saturated heterocycles. The maximum absolute atomic E-state index is 11.0. The van der Waals surface area contributed by atoms with E-state index < -0.39 is 25.5 Å². The second-order valence-corrected chi connectivity index (χ2v) is 2.39. The van der Waals surface area contributed by atoms with E-state index in [1.165, 1.54) is 6.42 Å². The van der Waals surface area contributed by atoms with E-state index >= 15 is 0 Å². The number of rotatable bonds is 2. The van der Waals surface area contributed by atoms with Crippen molar-refractivity contribution in [3.05, 3.63) is 12.2 Å². The molecule has 0 aromatic rings. The van der Waals surface area contributed by atoms with Gasteiger partial charge in [-0.2, -0.15) is 8.78 Å². The average Bonchev–Trinajstić information content (AvgIpc) is 1.97. The van der Waals surface area contributed by atoms with Gasteiger partial charge >= 0.3 is 12.8 Å². The van der Waals surface area contributed by atoms with Gasteiger partial charge in [-0.1, -0.05) is 20.3 Å². The number of halogens is 9. The molecule has 0 aliphatic heterocycles. The average molecular weight is 294 g/mol. The Morgan fingerprint density at radius 2 is 1.22 bits per heavy atom. The SMILES string of the molecule is CCC.FC(F)(F)F.FC(F)=CCOC(F)(F)F. The predicted molar refractivity (Wildman–Crippen MR) is 45.4 cm³/mol. The molecule has 0 aromatic carbocycles. The second-order valence-electron chi connectivity index (χ2n) is 2.39. The number of alkyl halides is 7. The summed E-state index contributed by atoms with van der Waals surface area (Å²) in [6, 6.07) is 0. The first-order valence-corrected chi connectivity index (χ1v) is 4.30. The highest BCUT2D eigenvalue weighted by atomic mass is 19.5. The molecule has 0 unspecified atom stereocenters. The Kier molecular flexibility index (Phi) is 13.8. The van der Waals surface area contributed by atoms with Crippen LogP contribution in [-0.2, 0) is 4.74 Å². The van der Waals surface area contributed by atoms with Gasteiger partial charge in [0.25, 0.3) is 6.08 Å². The molecule has 0 amide bonds. The minimum absolute atomic E-state index is 0.0352. The highest BCUT2D eigenvalue weighted by molar-refractivity contribution is 4.79. The minimum atomic E-state index is -5.50. The third-order valence-electron chi connectivity index (χ3n) is 0.485. The van der Waals surface area contributed by atoms with Gasteiger partial charge in [0.15, 0.2) is 0 Å². The van der Waals surface area contributed by atoms with Crippen molar-refractivity contribution >= 4 is 0 Å². The van der Waals surface area contributed by atoms with Crippen molar-refractivity contribution < 1.29 is 44.3 Å². The molecule has 0 N–H and O–H groups in total. The molecular weight excluding hydrogens is 283 g/mol. The normalized spacial score (nSPS) is 10.6. The minimum Gasteiger partial charge on any atom is -0.288 e. The van der Waals surface area contributed by atoms with Gasteiger partial charge < -0.3 is 0 Å². The van der Waals surface area contributed by atoms with E-state index in [0.29, 0.717) is 0 Å². The monoisotopic (exact) mass is 294 g/mol. The van der Waals surface area contributed by atoms with E-state index in [-0.39, 0.29) is 6.08 Å². The van der Waals surface area contributed by atoms with Gasteiger partial charge in [-0.3, -0.25) is 4.74 Å². The molecule has 0 aliphatic rings. The highest BCUT2D eigenvalue weighted by Crippen LogP contribution is 2.16. The Bertz CT molecular complexity index is 196. The van der Waals surface area contributed by atoms with Crippen LogP contribution in [0.4, 0.5) is 39.5 Å². The zero-order chi connectivity index (χ0) is 15.4. The van der Waals surface area contributed by atoms with E-state index in [1.807, 2.05) is 0 Å². The van der Waals surface area contributed by atoms with Crippen LogP contribution in [0.1, 0.15) is 20.3 Å². The first-order chi connectivity index (χ1) is 7.83.